The number of rotatable bonds is 0. The quantitative estimate of drug-likeness (QED) is 0.534. The number of likely N-dealkylation sites (tertiary alicyclic amines) is 1. The van der Waals surface area contributed by atoms with Gasteiger partial charge in [0.05, 0.1) is 0 Å². The Bertz CT molecular complexity index is 193. The molecule has 1 aliphatic heterocycles. The molecule has 0 unspecified atom stereocenters. The van der Waals surface area contributed by atoms with Crippen molar-refractivity contribution in [3.8, 4) is 0 Å². The van der Waals surface area contributed by atoms with Crippen LogP contribution in [0, 0.1) is 5.41 Å². The lowest BCUT2D eigenvalue weighted by atomic mass is 9.64. The number of hydrogen-bond donors (Lipinski definition) is 1. The van der Waals surface area contributed by atoms with E-state index in [0.717, 1.165) is 17.0 Å². The van der Waals surface area contributed by atoms with E-state index in [-0.39, 0.29) is 0 Å². The molecule has 2 rings (SSSR count). The summed E-state index contributed by atoms with van der Waals surface area (Å²) in [5, 5.41) is 8.58. The van der Waals surface area contributed by atoms with Crippen LogP contribution in [0.1, 0.15) is 12.8 Å². The predicted octanol–water partition coefficient (Wildman–Crippen LogP) is 1.56. The zero-order valence-corrected chi connectivity index (χ0v) is 8.24. The van der Waals surface area contributed by atoms with E-state index in [9.17, 15) is 4.79 Å². The van der Waals surface area contributed by atoms with Crippen LogP contribution in [0.15, 0.2) is 0 Å². The average molecular weight is 267 g/mol. The van der Waals surface area contributed by atoms with E-state index in [0.29, 0.717) is 5.41 Å². The minimum Gasteiger partial charge on any atom is -0.465 e. The first-order valence-corrected chi connectivity index (χ1v) is 4.98. The summed E-state index contributed by atoms with van der Waals surface area (Å²) in [4.78, 5) is 11.9. The Morgan fingerprint density at radius 3 is 2.45 bits per heavy atom. The van der Waals surface area contributed by atoms with Crippen LogP contribution in [-0.4, -0.2) is 33.1 Å². The standard InChI is InChI=1S/C7H10INO2/c8-5-1-7(2-5)3-9(4-7)6(10)11/h5H,1-4H2,(H,10,11). The van der Waals surface area contributed by atoms with Gasteiger partial charge in [-0.2, -0.15) is 0 Å². The average Bonchev–Trinajstić information content (AvgIpc) is 1.73. The van der Waals surface area contributed by atoms with Crippen LogP contribution in [-0.2, 0) is 0 Å². The third kappa shape index (κ3) is 1.11. The van der Waals surface area contributed by atoms with E-state index >= 15 is 0 Å². The van der Waals surface area contributed by atoms with Gasteiger partial charge in [0.15, 0.2) is 0 Å². The predicted molar refractivity (Wildman–Crippen MR) is 49.1 cm³/mol. The van der Waals surface area contributed by atoms with Gasteiger partial charge in [-0.3, -0.25) is 0 Å². The molecule has 1 saturated carbocycles. The fraction of sp³-hybridized carbons (Fsp3) is 0.857. The molecule has 1 N–H and O–H groups in total. The van der Waals surface area contributed by atoms with Gasteiger partial charge >= 0.3 is 6.09 Å². The molecule has 11 heavy (non-hydrogen) atoms. The fourth-order valence-corrected chi connectivity index (χ4v) is 3.91. The minimum absolute atomic E-state index is 0.407. The normalized spacial score (nSPS) is 27.9. The van der Waals surface area contributed by atoms with Gasteiger partial charge in [-0.25, -0.2) is 4.79 Å². The first kappa shape index (κ1) is 7.64. The number of hydrogen-bond acceptors (Lipinski definition) is 1. The van der Waals surface area contributed by atoms with Crippen molar-refractivity contribution in [2.45, 2.75) is 16.8 Å². The highest BCUT2D eigenvalue weighted by molar-refractivity contribution is 14.1. The molecule has 1 spiro atoms. The summed E-state index contributed by atoms with van der Waals surface area (Å²) in [5.41, 5.74) is 0.407. The summed E-state index contributed by atoms with van der Waals surface area (Å²) in [6, 6.07) is 0. The van der Waals surface area contributed by atoms with Crippen LogP contribution in [0.25, 0.3) is 0 Å². The van der Waals surface area contributed by atoms with Crippen LogP contribution in [0.3, 0.4) is 0 Å². The molecule has 1 aliphatic carbocycles. The van der Waals surface area contributed by atoms with Crippen LogP contribution >= 0.6 is 22.6 Å². The fourth-order valence-electron chi connectivity index (χ4n) is 2.04. The third-order valence-corrected chi connectivity index (χ3v) is 3.51. The molecule has 0 aromatic carbocycles. The van der Waals surface area contributed by atoms with Crippen molar-refractivity contribution in [1.82, 2.24) is 4.90 Å². The number of carbonyl (C=O) groups is 1. The van der Waals surface area contributed by atoms with Crippen molar-refractivity contribution in [3.05, 3.63) is 0 Å². The molecule has 0 aromatic rings. The van der Waals surface area contributed by atoms with Crippen LogP contribution < -0.4 is 0 Å². The first-order chi connectivity index (χ1) is 5.11. The van der Waals surface area contributed by atoms with Crippen molar-refractivity contribution in [2.75, 3.05) is 13.1 Å². The Morgan fingerprint density at radius 2 is 2.09 bits per heavy atom. The van der Waals surface area contributed by atoms with Crippen LogP contribution in [0.4, 0.5) is 4.79 Å². The number of carboxylic acid groups (broad SMARTS) is 1. The lowest BCUT2D eigenvalue weighted by Crippen LogP contribution is -2.63. The summed E-state index contributed by atoms with van der Waals surface area (Å²) in [5.74, 6) is 0. The molecule has 3 nitrogen and oxygen atoms in total. The van der Waals surface area contributed by atoms with Gasteiger partial charge < -0.3 is 10.0 Å². The summed E-state index contributed by atoms with van der Waals surface area (Å²) < 4.78 is 0.795. The van der Waals surface area contributed by atoms with Gasteiger partial charge in [0, 0.05) is 22.4 Å². The first-order valence-electron chi connectivity index (χ1n) is 3.73. The smallest absolute Gasteiger partial charge is 0.407 e. The zero-order valence-electron chi connectivity index (χ0n) is 6.09. The molecule has 2 aliphatic rings. The van der Waals surface area contributed by atoms with E-state index in [4.69, 9.17) is 5.11 Å². The van der Waals surface area contributed by atoms with Gasteiger partial charge in [0.25, 0.3) is 0 Å². The van der Waals surface area contributed by atoms with Crippen molar-refractivity contribution in [2.24, 2.45) is 5.41 Å². The molecule has 0 bridgehead atoms. The molecule has 1 saturated heterocycles. The van der Waals surface area contributed by atoms with E-state index in [1.165, 1.54) is 17.7 Å². The number of amides is 1. The van der Waals surface area contributed by atoms with Crippen molar-refractivity contribution in [3.63, 3.8) is 0 Å². The molecule has 2 fully saturated rings. The maximum Gasteiger partial charge on any atom is 0.407 e. The minimum atomic E-state index is -0.757. The maximum absolute atomic E-state index is 10.4. The summed E-state index contributed by atoms with van der Waals surface area (Å²) in [6.07, 6.45) is 1.68. The van der Waals surface area contributed by atoms with Crippen molar-refractivity contribution < 1.29 is 9.90 Å². The topological polar surface area (TPSA) is 40.5 Å². The lowest BCUT2D eigenvalue weighted by Gasteiger charge is -2.56. The van der Waals surface area contributed by atoms with Gasteiger partial charge in [-0.15, -0.1) is 0 Å². The Kier molecular flexibility index (Phi) is 1.56. The van der Waals surface area contributed by atoms with Crippen molar-refractivity contribution in [1.29, 1.82) is 0 Å². The van der Waals surface area contributed by atoms with E-state index < -0.39 is 6.09 Å². The van der Waals surface area contributed by atoms with E-state index in [1.807, 2.05) is 0 Å². The highest BCUT2D eigenvalue weighted by atomic mass is 127. The molecule has 62 valence electrons. The Hall–Kier alpha value is 0. The third-order valence-electron chi connectivity index (χ3n) is 2.63. The SMILES string of the molecule is O=C(O)N1CC2(CC(I)C2)C1. The summed E-state index contributed by atoms with van der Waals surface area (Å²) in [6.45, 7) is 1.56. The number of halogens is 1. The molecule has 0 aromatic heterocycles. The van der Waals surface area contributed by atoms with Gasteiger partial charge in [-0.05, 0) is 12.8 Å². The molecule has 0 radical (unpaired) electrons. The van der Waals surface area contributed by atoms with Gasteiger partial charge in [0.1, 0.15) is 0 Å². The second-order valence-corrected chi connectivity index (χ2v) is 5.41. The Labute approximate surface area is 78.9 Å². The molecular weight excluding hydrogens is 257 g/mol. The molecule has 1 amide bonds. The number of nitrogens with zero attached hydrogens (tertiary/aromatic N) is 1. The Morgan fingerprint density at radius 1 is 1.55 bits per heavy atom. The molecule has 4 heteroatoms. The molecular formula is C7H10INO2. The lowest BCUT2D eigenvalue weighted by molar-refractivity contribution is -0.0379. The van der Waals surface area contributed by atoms with E-state index in [2.05, 4.69) is 22.6 Å². The highest BCUT2D eigenvalue weighted by Crippen LogP contribution is 2.51. The largest absolute Gasteiger partial charge is 0.465 e. The highest BCUT2D eigenvalue weighted by Gasteiger charge is 2.52. The summed E-state index contributed by atoms with van der Waals surface area (Å²) >= 11 is 2.43. The molecule has 0 atom stereocenters. The summed E-state index contributed by atoms with van der Waals surface area (Å²) in [7, 11) is 0. The number of alkyl halides is 1. The zero-order chi connectivity index (χ0) is 8.06. The maximum atomic E-state index is 10.4. The van der Waals surface area contributed by atoms with Gasteiger partial charge in [0.2, 0.25) is 0 Å². The van der Waals surface area contributed by atoms with Crippen LogP contribution in [0.5, 0.6) is 0 Å². The second-order valence-electron chi connectivity index (χ2n) is 3.64. The Balaban J connectivity index is 1.84. The second kappa shape index (κ2) is 2.24. The molecule has 1 heterocycles. The van der Waals surface area contributed by atoms with E-state index in [1.54, 1.807) is 0 Å². The van der Waals surface area contributed by atoms with Crippen LogP contribution in [0.2, 0.25) is 0 Å². The van der Waals surface area contributed by atoms with Crippen molar-refractivity contribution >= 4 is 28.7 Å². The van der Waals surface area contributed by atoms with Gasteiger partial charge in [-0.1, -0.05) is 22.6 Å². The monoisotopic (exact) mass is 267 g/mol.